The van der Waals surface area contributed by atoms with Crippen LogP contribution < -0.4 is 10.2 Å². The molecule has 1 aromatic carbocycles. The number of piperidine rings is 2. The smallest absolute Gasteiger partial charge is 0.328 e. The van der Waals surface area contributed by atoms with Crippen LogP contribution in [0.1, 0.15) is 42.5 Å². The fourth-order valence-corrected chi connectivity index (χ4v) is 5.05. The van der Waals surface area contributed by atoms with Crippen LogP contribution in [0.5, 0.6) is 0 Å². The first-order valence-electron chi connectivity index (χ1n) is 10.8. The number of hydrogen-bond acceptors (Lipinski definition) is 5. The molecule has 1 aromatic rings. The first-order valence-corrected chi connectivity index (χ1v) is 11.1. The number of amides is 4. The summed E-state index contributed by atoms with van der Waals surface area (Å²) < 4.78 is 0. The third kappa shape index (κ3) is 4.60. The van der Waals surface area contributed by atoms with Crippen molar-refractivity contribution < 1.29 is 19.2 Å². The fraction of sp³-hybridized carbons (Fsp3) is 0.545. The molecule has 0 aliphatic carbocycles. The van der Waals surface area contributed by atoms with Crippen LogP contribution in [0.15, 0.2) is 18.2 Å². The van der Waals surface area contributed by atoms with Gasteiger partial charge in [0, 0.05) is 31.6 Å². The quantitative estimate of drug-likeness (QED) is 0.717. The Bertz CT molecular complexity index is 887. The summed E-state index contributed by atoms with van der Waals surface area (Å²) in [5.41, 5.74) is 1.19. The van der Waals surface area contributed by atoms with E-state index < -0.39 is 6.03 Å². The van der Waals surface area contributed by atoms with Gasteiger partial charge in [0.2, 0.25) is 5.91 Å². The highest BCUT2D eigenvalue weighted by atomic mass is 35.5. The van der Waals surface area contributed by atoms with E-state index in [-0.39, 0.29) is 30.2 Å². The number of benzene rings is 1. The van der Waals surface area contributed by atoms with E-state index in [1.807, 2.05) is 4.90 Å². The number of urea groups is 1. The zero-order chi connectivity index (χ0) is 22.0. The fourth-order valence-electron chi connectivity index (χ4n) is 4.83. The minimum atomic E-state index is -0.524. The van der Waals surface area contributed by atoms with E-state index in [0.717, 1.165) is 45.1 Å². The van der Waals surface area contributed by atoms with Crippen molar-refractivity contribution in [3.8, 4) is 0 Å². The van der Waals surface area contributed by atoms with Crippen LogP contribution in [-0.2, 0) is 9.59 Å². The number of aldehydes is 1. The highest BCUT2D eigenvalue weighted by Crippen LogP contribution is 2.41. The van der Waals surface area contributed by atoms with Gasteiger partial charge in [0.1, 0.15) is 6.29 Å². The molecule has 0 atom stereocenters. The number of nitrogens with zero attached hydrogens (tertiary/aromatic N) is 3. The highest BCUT2D eigenvalue weighted by molar-refractivity contribution is 6.34. The minimum Gasteiger partial charge on any atom is -0.339 e. The largest absolute Gasteiger partial charge is 0.339 e. The standard InChI is InChI=1S/C22H27ClN4O4/c23-17-2-1-16(15-18(17)27-8-3-19(29)24-21(27)31)20(30)26-11-6-22(7-12-26)4-9-25(10-5-22)13-14-28/h1-2,14-15H,3-13H2,(H,24,29,31). The highest BCUT2D eigenvalue weighted by Gasteiger charge is 2.38. The van der Waals surface area contributed by atoms with E-state index in [1.54, 1.807) is 18.2 Å². The van der Waals surface area contributed by atoms with Gasteiger partial charge in [0.05, 0.1) is 17.3 Å². The van der Waals surface area contributed by atoms with E-state index in [0.29, 0.717) is 35.9 Å². The minimum absolute atomic E-state index is 0.0698. The lowest BCUT2D eigenvalue weighted by Gasteiger charge is -2.46. The molecule has 4 rings (SSSR count). The molecule has 1 N–H and O–H groups in total. The molecule has 0 saturated carbocycles. The Morgan fingerprint density at radius 2 is 1.74 bits per heavy atom. The van der Waals surface area contributed by atoms with Crippen molar-refractivity contribution in [2.45, 2.75) is 32.1 Å². The number of anilines is 1. The second-order valence-electron chi connectivity index (χ2n) is 8.68. The first kappa shape index (κ1) is 21.8. The maximum Gasteiger partial charge on any atom is 0.328 e. The lowest BCUT2D eigenvalue weighted by molar-refractivity contribution is -0.120. The van der Waals surface area contributed by atoms with Gasteiger partial charge in [-0.25, -0.2) is 4.79 Å². The van der Waals surface area contributed by atoms with Crippen LogP contribution in [-0.4, -0.2) is 73.2 Å². The van der Waals surface area contributed by atoms with Crippen LogP contribution in [0.3, 0.4) is 0 Å². The maximum atomic E-state index is 13.2. The molecular weight excluding hydrogens is 420 g/mol. The second kappa shape index (κ2) is 8.96. The summed E-state index contributed by atoms with van der Waals surface area (Å²) in [6.07, 6.45) is 5.22. The van der Waals surface area contributed by atoms with E-state index >= 15 is 0 Å². The normalized spacial score (nSPS) is 21.8. The Balaban J connectivity index is 1.41. The lowest BCUT2D eigenvalue weighted by Crippen LogP contribution is -2.50. The number of halogens is 1. The summed E-state index contributed by atoms with van der Waals surface area (Å²) in [5.74, 6) is -0.386. The third-order valence-electron chi connectivity index (χ3n) is 6.90. The number of hydrogen-bond donors (Lipinski definition) is 1. The monoisotopic (exact) mass is 446 g/mol. The Morgan fingerprint density at radius 3 is 2.39 bits per heavy atom. The molecule has 3 fully saturated rings. The molecule has 3 aliphatic heterocycles. The summed E-state index contributed by atoms with van der Waals surface area (Å²) in [7, 11) is 0. The van der Waals surface area contributed by atoms with Crippen molar-refractivity contribution in [3.05, 3.63) is 28.8 Å². The van der Waals surface area contributed by atoms with Gasteiger partial charge < -0.3 is 9.69 Å². The van der Waals surface area contributed by atoms with Gasteiger partial charge in [-0.05, 0) is 62.4 Å². The Morgan fingerprint density at radius 1 is 1.06 bits per heavy atom. The molecule has 1 spiro atoms. The van der Waals surface area contributed by atoms with Gasteiger partial charge in [-0.2, -0.15) is 0 Å². The number of imide groups is 1. The summed E-state index contributed by atoms with van der Waals surface area (Å²) in [6, 6.07) is 4.43. The number of likely N-dealkylation sites (tertiary alicyclic amines) is 2. The molecule has 8 nitrogen and oxygen atoms in total. The zero-order valence-electron chi connectivity index (χ0n) is 17.4. The average molecular weight is 447 g/mol. The van der Waals surface area contributed by atoms with Gasteiger partial charge in [-0.15, -0.1) is 0 Å². The second-order valence-corrected chi connectivity index (χ2v) is 9.09. The van der Waals surface area contributed by atoms with Crippen LogP contribution in [0.4, 0.5) is 10.5 Å². The molecule has 0 aromatic heterocycles. The van der Waals surface area contributed by atoms with Crippen molar-refractivity contribution in [2.24, 2.45) is 5.41 Å². The van der Waals surface area contributed by atoms with Gasteiger partial charge >= 0.3 is 6.03 Å². The van der Waals surface area contributed by atoms with Crippen molar-refractivity contribution in [1.29, 1.82) is 0 Å². The Labute approximate surface area is 186 Å². The topological polar surface area (TPSA) is 90.0 Å². The molecule has 4 amide bonds. The lowest BCUT2D eigenvalue weighted by atomic mass is 9.71. The molecule has 0 radical (unpaired) electrons. The molecule has 31 heavy (non-hydrogen) atoms. The Kier molecular flexibility index (Phi) is 6.29. The van der Waals surface area contributed by atoms with E-state index in [4.69, 9.17) is 11.6 Å². The average Bonchev–Trinajstić information content (AvgIpc) is 2.77. The number of carbonyl (C=O) groups is 4. The van der Waals surface area contributed by atoms with Gasteiger partial charge in [-0.3, -0.25) is 24.7 Å². The molecule has 166 valence electrons. The molecular formula is C22H27ClN4O4. The molecule has 3 heterocycles. The molecule has 9 heteroatoms. The SMILES string of the molecule is O=CCN1CCC2(CC1)CCN(C(=O)c1ccc(Cl)c(N3CCC(=O)NC3=O)c1)CC2. The van der Waals surface area contributed by atoms with Crippen LogP contribution in [0, 0.1) is 5.41 Å². The zero-order valence-corrected chi connectivity index (χ0v) is 18.2. The van der Waals surface area contributed by atoms with E-state index in [1.165, 1.54) is 4.90 Å². The summed E-state index contributed by atoms with van der Waals surface area (Å²) >= 11 is 6.30. The summed E-state index contributed by atoms with van der Waals surface area (Å²) in [4.78, 5) is 53.0. The van der Waals surface area contributed by atoms with Crippen molar-refractivity contribution in [1.82, 2.24) is 15.1 Å². The van der Waals surface area contributed by atoms with E-state index in [9.17, 15) is 19.2 Å². The maximum absolute atomic E-state index is 13.2. The van der Waals surface area contributed by atoms with Crippen molar-refractivity contribution >= 4 is 41.4 Å². The van der Waals surface area contributed by atoms with Gasteiger partial charge in [-0.1, -0.05) is 11.6 Å². The summed E-state index contributed by atoms with van der Waals surface area (Å²) in [6.45, 7) is 4.01. The number of nitrogens with one attached hydrogen (secondary N) is 1. The predicted octanol–water partition coefficient (Wildman–Crippen LogP) is 2.30. The summed E-state index contributed by atoms with van der Waals surface area (Å²) in [5, 5.41) is 2.64. The number of carbonyl (C=O) groups excluding carboxylic acids is 4. The molecule has 0 unspecified atom stereocenters. The van der Waals surface area contributed by atoms with Crippen LogP contribution in [0.25, 0.3) is 0 Å². The number of rotatable bonds is 4. The third-order valence-corrected chi connectivity index (χ3v) is 7.22. The van der Waals surface area contributed by atoms with E-state index in [2.05, 4.69) is 10.2 Å². The first-order chi connectivity index (χ1) is 14.9. The van der Waals surface area contributed by atoms with Gasteiger partial charge in [0.25, 0.3) is 5.91 Å². The van der Waals surface area contributed by atoms with Crippen LogP contribution in [0.2, 0.25) is 5.02 Å². The van der Waals surface area contributed by atoms with Crippen LogP contribution >= 0.6 is 11.6 Å². The van der Waals surface area contributed by atoms with Crippen molar-refractivity contribution in [3.63, 3.8) is 0 Å². The Hall–Kier alpha value is -2.45. The van der Waals surface area contributed by atoms with Crippen molar-refractivity contribution in [2.75, 3.05) is 44.2 Å². The van der Waals surface area contributed by atoms with Gasteiger partial charge in [0.15, 0.2) is 0 Å². The molecule has 3 saturated heterocycles. The molecule has 0 bridgehead atoms. The predicted molar refractivity (Wildman–Crippen MR) is 116 cm³/mol. The molecule has 3 aliphatic rings.